The Morgan fingerprint density at radius 3 is 2.50 bits per heavy atom. The summed E-state index contributed by atoms with van der Waals surface area (Å²) >= 11 is 0. The van der Waals surface area contributed by atoms with E-state index < -0.39 is 0 Å². The zero-order chi connectivity index (χ0) is 16.5. The van der Waals surface area contributed by atoms with Crippen molar-refractivity contribution in [1.82, 2.24) is 14.7 Å². The van der Waals surface area contributed by atoms with E-state index >= 15 is 0 Å². The molecule has 118 valence electrons. The highest BCUT2D eigenvalue weighted by Crippen LogP contribution is 2.23. The molecule has 5 nitrogen and oxygen atoms in total. The van der Waals surface area contributed by atoms with Crippen molar-refractivity contribution in [2.24, 2.45) is 7.05 Å². The molecule has 22 heavy (non-hydrogen) atoms. The lowest BCUT2D eigenvalue weighted by molar-refractivity contribution is -0.112. The SMILES string of the molecule is C=CCN(CC=C)C(C=O)c1ccc2c(cnn2C)c1.CO. The van der Waals surface area contributed by atoms with Crippen molar-refractivity contribution in [2.75, 3.05) is 20.2 Å². The summed E-state index contributed by atoms with van der Waals surface area (Å²) in [6, 6.07) is 5.69. The number of aryl methyl sites for hydroxylation is 1. The second kappa shape index (κ2) is 8.92. The van der Waals surface area contributed by atoms with Crippen molar-refractivity contribution in [3.05, 3.63) is 55.3 Å². The summed E-state index contributed by atoms with van der Waals surface area (Å²) in [5, 5.41) is 12.3. The number of benzene rings is 1. The number of aldehydes is 1. The van der Waals surface area contributed by atoms with Gasteiger partial charge in [-0.2, -0.15) is 5.10 Å². The van der Waals surface area contributed by atoms with E-state index in [1.54, 1.807) is 12.2 Å². The third-order valence-corrected chi connectivity index (χ3v) is 3.36. The standard InChI is InChI=1S/C16H19N3O.CH4O/c1-4-8-19(9-5-2)16(12-20)13-6-7-15-14(10-13)11-17-18(15)3;1-2/h4-7,10-12,16H,1-2,8-9H2,3H3;2H,1H3. The van der Waals surface area contributed by atoms with Crippen molar-refractivity contribution >= 4 is 17.2 Å². The zero-order valence-corrected chi connectivity index (χ0v) is 13.1. The van der Waals surface area contributed by atoms with Gasteiger partial charge in [0.15, 0.2) is 0 Å². The number of carbonyl (C=O) groups excluding carboxylic acids is 1. The van der Waals surface area contributed by atoms with Crippen LogP contribution in [-0.2, 0) is 11.8 Å². The molecule has 0 aliphatic carbocycles. The lowest BCUT2D eigenvalue weighted by Gasteiger charge is -2.25. The third kappa shape index (κ3) is 3.90. The number of carbonyl (C=O) groups is 1. The predicted octanol–water partition coefficient (Wildman–Crippen LogP) is 2.10. The number of aliphatic hydroxyl groups is 1. The van der Waals surface area contributed by atoms with Crippen LogP contribution in [0, 0.1) is 0 Å². The molecule has 5 heteroatoms. The van der Waals surface area contributed by atoms with Gasteiger partial charge in [0.2, 0.25) is 0 Å². The number of rotatable bonds is 7. The Kier molecular flexibility index (Phi) is 7.22. The fraction of sp³-hybridized carbons (Fsp3) is 0.294. The van der Waals surface area contributed by atoms with Gasteiger partial charge in [-0.1, -0.05) is 18.2 Å². The van der Waals surface area contributed by atoms with Crippen LogP contribution in [0.1, 0.15) is 11.6 Å². The van der Waals surface area contributed by atoms with Crippen LogP contribution in [0.5, 0.6) is 0 Å². The van der Waals surface area contributed by atoms with E-state index in [2.05, 4.69) is 18.3 Å². The van der Waals surface area contributed by atoms with Crippen molar-refractivity contribution in [1.29, 1.82) is 0 Å². The second-order valence-electron chi connectivity index (χ2n) is 4.70. The maximum Gasteiger partial charge on any atom is 0.141 e. The molecule has 1 unspecified atom stereocenters. The minimum atomic E-state index is -0.296. The predicted molar refractivity (Wildman–Crippen MR) is 89.6 cm³/mol. The average molecular weight is 301 g/mol. The number of hydrogen-bond acceptors (Lipinski definition) is 4. The van der Waals surface area contributed by atoms with Gasteiger partial charge in [-0.05, 0) is 17.7 Å². The molecule has 0 aliphatic heterocycles. The number of hydrogen-bond donors (Lipinski definition) is 1. The molecule has 0 aliphatic rings. The van der Waals surface area contributed by atoms with Gasteiger partial charge in [0.1, 0.15) is 6.29 Å². The summed E-state index contributed by atoms with van der Waals surface area (Å²) < 4.78 is 1.82. The van der Waals surface area contributed by atoms with Gasteiger partial charge in [-0.3, -0.25) is 9.58 Å². The summed E-state index contributed by atoms with van der Waals surface area (Å²) in [5.41, 5.74) is 2.02. The molecule has 0 amide bonds. The monoisotopic (exact) mass is 301 g/mol. The van der Waals surface area contributed by atoms with E-state index in [0.717, 1.165) is 29.9 Å². The molecule has 1 atom stereocenters. The third-order valence-electron chi connectivity index (χ3n) is 3.36. The second-order valence-corrected chi connectivity index (χ2v) is 4.70. The molecule has 0 fully saturated rings. The van der Waals surface area contributed by atoms with Gasteiger partial charge in [0, 0.05) is 32.6 Å². The van der Waals surface area contributed by atoms with E-state index in [1.165, 1.54) is 0 Å². The summed E-state index contributed by atoms with van der Waals surface area (Å²) in [5.74, 6) is 0. The summed E-state index contributed by atoms with van der Waals surface area (Å²) in [6.07, 6.45) is 6.36. The van der Waals surface area contributed by atoms with E-state index in [1.807, 2.05) is 41.0 Å². The van der Waals surface area contributed by atoms with Crippen LogP contribution in [-0.4, -0.2) is 46.3 Å². The van der Waals surface area contributed by atoms with Crippen molar-refractivity contribution in [3.63, 3.8) is 0 Å². The Morgan fingerprint density at radius 2 is 1.95 bits per heavy atom. The van der Waals surface area contributed by atoms with Gasteiger partial charge in [0.05, 0.1) is 17.8 Å². The number of aliphatic hydroxyl groups excluding tert-OH is 1. The number of nitrogens with zero attached hydrogens (tertiary/aromatic N) is 3. The molecule has 0 bridgehead atoms. The molecule has 1 aromatic carbocycles. The van der Waals surface area contributed by atoms with Gasteiger partial charge in [-0.15, -0.1) is 13.2 Å². The summed E-state index contributed by atoms with van der Waals surface area (Å²) in [4.78, 5) is 13.5. The maximum atomic E-state index is 11.5. The van der Waals surface area contributed by atoms with E-state index in [-0.39, 0.29) is 6.04 Å². The van der Waals surface area contributed by atoms with Crippen molar-refractivity contribution in [3.8, 4) is 0 Å². The molecule has 2 aromatic rings. The first kappa shape index (κ1) is 17.8. The van der Waals surface area contributed by atoms with Gasteiger partial charge in [0.25, 0.3) is 0 Å². The Bertz CT molecular complexity index is 624. The van der Waals surface area contributed by atoms with Crippen LogP contribution in [0.15, 0.2) is 49.7 Å². The molecule has 1 N–H and O–H groups in total. The molecular formula is C17H23N3O2. The molecule has 2 rings (SSSR count). The highest BCUT2D eigenvalue weighted by molar-refractivity contribution is 5.80. The topological polar surface area (TPSA) is 58.4 Å². The Labute approximate surface area is 131 Å². The van der Waals surface area contributed by atoms with E-state index in [0.29, 0.717) is 13.1 Å². The van der Waals surface area contributed by atoms with Crippen LogP contribution in [0.4, 0.5) is 0 Å². The normalized spacial score (nSPS) is 11.6. The van der Waals surface area contributed by atoms with Crippen LogP contribution < -0.4 is 0 Å². The average Bonchev–Trinajstić information content (AvgIpc) is 2.91. The summed E-state index contributed by atoms with van der Waals surface area (Å²) in [7, 11) is 2.90. The molecule has 0 saturated heterocycles. The smallest absolute Gasteiger partial charge is 0.141 e. The van der Waals surface area contributed by atoms with Crippen LogP contribution in [0.25, 0.3) is 10.9 Å². The van der Waals surface area contributed by atoms with Crippen molar-refractivity contribution in [2.45, 2.75) is 6.04 Å². The van der Waals surface area contributed by atoms with Crippen LogP contribution in [0.3, 0.4) is 0 Å². The molecule has 0 spiro atoms. The Balaban J connectivity index is 0.00000116. The molecule has 0 radical (unpaired) electrons. The van der Waals surface area contributed by atoms with Crippen LogP contribution >= 0.6 is 0 Å². The first-order valence-corrected chi connectivity index (χ1v) is 6.98. The van der Waals surface area contributed by atoms with E-state index in [4.69, 9.17) is 5.11 Å². The fourth-order valence-electron chi connectivity index (χ4n) is 2.37. The van der Waals surface area contributed by atoms with Gasteiger partial charge in [-0.25, -0.2) is 0 Å². The lowest BCUT2D eigenvalue weighted by atomic mass is 10.0. The molecule has 0 saturated carbocycles. The van der Waals surface area contributed by atoms with Crippen LogP contribution in [0.2, 0.25) is 0 Å². The summed E-state index contributed by atoms with van der Waals surface area (Å²) in [6.45, 7) is 8.76. The lowest BCUT2D eigenvalue weighted by Crippen LogP contribution is -2.30. The van der Waals surface area contributed by atoms with E-state index in [9.17, 15) is 4.79 Å². The van der Waals surface area contributed by atoms with Gasteiger partial charge < -0.3 is 9.90 Å². The number of aromatic nitrogens is 2. The largest absolute Gasteiger partial charge is 0.400 e. The quantitative estimate of drug-likeness (QED) is 0.628. The van der Waals surface area contributed by atoms with Crippen molar-refractivity contribution < 1.29 is 9.90 Å². The Morgan fingerprint density at radius 1 is 1.32 bits per heavy atom. The van der Waals surface area contributed by atoms with Gasteiger partial charge >= 0.3 is 0 Å². The first-order chi connectivity index (χ1) is 10.7. The zero-order valence-electron chi connectivity index (χ0n) is 13.1. The number of fused-ring (bicyclic) bond motifs is 1. The maximum absolute atomic E-state index is 11.5. The molecule has 1 heterocycles. The molecular weight excluding hydrogens is 278 g/mol. The highest BCUT2D eigenvalue weighted by Gasteiger charge is 2.18. The molecule has 1 aromatic heterocycles. The first-order valence-electron chi connectivity index (χ1n) is 6.98. The fourth-order valence-corrected chi connectivity index (χ4v) is 2.37. The minimum absolute atomic E-state index is 0.296. The Hall–Kier alpha value is -2.24. The minimum Gasteiger partial charge on any atom is -0.400 e. The highest BCUT2D eigenvalue weighted by atomic mass is 16.2.